The maximum atomic E-state index is 12.1. The predicted molar refractivity (Wildman–Crippen MR) is 80.8 cm³/mol. The normalized spacial score (nSPS) is 19.2. The molecule has 2 N–H and O–H groups in total. The van der Waals surface area contributed by atoms with E-state index in [-0.39, 0.29) is 18.2 Å². The van der Waals surface area contributed by atoms with Crippen LogP contribution in [0.5, 0.6) is 0 Å². The quantitative estimate of drug-likeness (QED) is 0.821. The number of carbonyl (C=O) groups excluding carboxylic acids is 1. The number of carboxylic acid groups (broad SMARTS) is 1. The van der Waals surface area contributed by atoms with Crippen LogP contribution in [0.3, 0.4) is 0 Å². The summed E-state index contributed by atoms with van der Waals surface area (Å²) < 4.78 is 6.10. The molecule has 2 rings (SSSR count). The molecular formula is C15H18BrNO4. The van der Waals surface area contributed by atoms with Gasteiger partial charge in [0.25, 0.3) is 0 Å². The molecule has 0 saturated carbocycles. The molecule has 21 heavy (non-hydrogen) atoms. The van der Waals surface area contributed by atoms with E-state index in [4.69, 9.17) is 9.84 Å². The van der Waals surface area contributed by atoms with Gasteiger partial charge in [0.05, 0.1) is 12.5 Å². The molecule has 0 radical (unpaired) electrons. The SMILES string of the molecule is O=C(O)C[C@@H](NC(=O)C[C@H]1CCOC1)c1cccc(Br)c1. The topological polar surface area (TPSA) is 75.6 Å². The van der Waals surface area contributed by atoms with Crippen molar-refractivity contribution in [2.24, 2.45) is 5.92 Å². The monoisotopic (exact) mass is 355 g/mol. The van der Waals surface area contributed by atoms with Gasteiger partial charge in [-0.15, -0.1) is 0 Å². The molecule has 1 aliphatic rings. The lowest BCUT2D eigenvalue weighted by molar-refractivity contribution is -0.137. The second-order valence-electron chi connectivity index (χ2n) is 5.21. The number of ether oxygens (including phenoxy) is 1. The van der Waals surface area contributed by atoms with Crippen molar-refractivity contribution in [2.45, 2.75) is 25.3 Å². The van der Waals surface area contributed by atoms with Crippen molar-refractivity contribution in [3.63, 3.8) is 0 Å². The van der Waals surface area contributed by atoms with E-state index in [1.165, 1.54) is 0 Å². The van der Waals surface area contributed by atoms with Crippen LogP contribution in [0.2, 0.25) is 0 Å². The fourth-order valence-electron chi connectivity index (χ4n) is 2.41. The number of halogens is 1. The molecule has 1 amide bonds. The van der Waals surface area contributed by atoms with Crippen LogP contribution in [0.4, 0.5) is 0 Å². The maximum Gasteiger partial charge on any atom is 0.305 e. The van der Waals surface area contributed by atoms with Crippen molar-refractivity contribution in [3.8, 4) is 0 Å². The van der Waals surface area contributed by atoms with Gasteiger partial charge < -0.3 is 15.2 Å². The smallest absolute Gasteiger partial charge is 0.305 e. The van der Waals surface area contributed by atoms with E-state index in [0.29, 0.717) is 19.6 Å². The maximum absolute atomic E-state index is 12.1. The van der Waals surface area contributed by atoms with E-state index in [1.807, 2.05) is 24.3 Å². The Morgan fingerprint density at radius 1 is 1.48 bits per heavy atom. The van der Waals surface area contributed by atoms with Gasteiger partial charge >= 0.3 is 5.97 Å². The van der Waals surface area contributed by atoms with E-state index in [0.717, 1.165) is 16.5 Å². The minimum Gasteiger partial charge on any atom is -0.481 e. The molecule has 0 aliphatic carbocycles. The minimum atomic E-state index is -0.940. The van der Waals surface area contributed by atoms with Crippen molar-refractivity contribution < 1.29 is 19.4 Å². The average molecular weight is 356 g/mol. The molecule has 0 spiro atoms. The van der Waals surface area contributed by atoms with Gasteiger partial charge in [-0.2, -0.15) is 0 Å². The van der Waals surface area contributed by atoms with Crippen molar-refractivity contribution in [2.75, 3.05) is 13.2 Å². The fourth-order valence-corrected chi connectivity index (χ4v) is 2.83. The molecular weight excluding hydrogens is 338 g/mol. The van der Waals surface area contributed by atoms with E-state index in [1.54, 1.807) is 0 Å². The zero-order valence-corrected chi connectivity index (χ0v) is 13.1. The first-order valence-corrected chi connectivity index (χ1v) is 7.68. The lowest BCUT2D eigenvalue weighted by Gasteiger charge is -2.18. The molecule has 114 valence electrons. The number of aliphatic carboxylic acids is 1. The van der Waals surface area contributed by atoms with Crippen molar-refractivity contribution in [3.05, 3.63) is 34.3 Å². The summed E-state index contributed by atoms with van der Waals surface area (Å²) in [5.74, 6) is -0.834. The van der Waals surface area contributed by atoms with Gasteiger partial charge in [0.15, 0.2) is 0 Å². The number of carboxylic acids is 1. The Bertz CT molecular complexity index is 514. The molecule has 1 heterocycles. The lowest BCUT2D eigenvalue weighted by atomic mass is 10.0. The summed E-state index contributed by atoms with van der Waals surface area (Å²) in [6, 6.07) is 6.81. The molecule has 1 aromatic carbocycles. The van der Waals surface area contributed by atoms with Gasteiger partial charge in [0, 0.05) is 24.1 Å². The summed E-state index contributed by atoms with van der Waals surface area (Å²) >= 11 is 3.36. The van der Waals surface area contributed by atoms with Gasteiger partial charge in [-0.3, -0.25) is 9.59 Å². The molecule has 0 unspecified atom stereocenters. The first kappa shape index (κ1) is 16.0. The molecule has 5 nitrogen and oxygen atoms in total. The van der Waals surface area contributed by atoms with Crippen LogP contribution in [-0.2, 0) is 14.3 Å². The van der Waals surface area contributed by atoms with Gasteiger partial charge in [0.2, 0.25) is 5.91 Å². The number of rotatable bonds is 6. The van der Waals surface area contributed by atoms with Gasteiger partial charge in [-0.05, 0) is 30.0 Å². The second-order valence-corrected chi connectivity index (χ2v) is 6.12. The highest BCUT2D eigenvalue weighted by molar-refractivity contribution is 9.10. The van der Waals surface area contributed by atoms with Crippen LogP contribution in [-0.4, -0.2) is 30.2 Å². The second kappa shape index (κ2) is 7.56. The summed E-state index contributed by atoms with van der Waals surface area (Å²) in [7, 11) is 0. The zero-order valence-electron chi connectivity index (χ0n) is 11.5. The van der Waals surface area contributed by atoms with E-state index < -0.39 is 12.0 Å². The number of nitrogens with one attached hydrogen (secondary N) is 1. The van der Waals surface area contributed by atoms with Crippen LogP contribution >= 0.6 is 15.9 Å². The standard InChI is InChI=1S/C15H18BrNO4/c16-12-3-1-2-11(7-12)13(8-15(19)20)17-14(18)6-10-4-5-21-9-10/h1-3,7,10,13H,4-6,8-9H2,(H,17,18)(H,19,20)/t10-,13-/m1/s1. The van der Waals surface area contributed by atoms with Gasteiger partial charge in [-0.25, -0.2) is 0 Å². The van der Waals surface area contributed by atoms with Crippen molar-refractivity contribution in [1.29, 1.82) is 0 Å². The number of carbonyl (C=O) groups is 2. The van der Waals surface area contributed by atoms with Gasteiger partial charge in [0.1, 0.15) is 0 Å². The first-order chi connectivity index (χ1) is 10.0. The Kier molecular flexibility index (Phi) is 5.76. The molecule has 0 aromatic heterocycles. The molecule has 1 aliphatic heterocycles. The third-order valence-corrected chi connectivity index (χ3v) is 3.96. The van der Waals surface area contributed by atoms with Crippen molar-refractivity contribution >= 4 is 27.8 Å². The first-order valence-electron chi connectivity index (χ1n) is 6.89. The van der Waals surface area contributed by atoms with E-state index in [9.17, 15) is 9.59 Å². The number of amides is 1. The Labute approximate surface area is 131 Å². The van der Waals surface area contributed by atoms with Crippen LogP contribution in [0, 0.1) is 5.92 Å². The molecule has 1 saturated heterocycles. The highest BCUT2D eigenvalue weighted by Gasteiger charge is 2.23. The molecule has 0 bridgehead atoms. The zero-order chi connectivity index (χ0) is 15.2. The van der Waals surface area contributed by atoms with Gasteiger partial charge in [-0.1, -0.05) is 28.1 Å². The summed E-state index contributed by atoms with van der Waals surface area (Å²) in [5, 5.41) is 11.9. The Hall–Kier alpha value is -1.40. The van der Waals surface area contributed by atoms with Crippen LogP contribution in [0.1, 0.15) is 30.9 Å². The number of benzene rings is 1. The number of hydrogen-bond donors (Lipinski definition) is 2. The Morgan fingerprint density at radius 2 is 2.29 bits per heavy atom. The Morgan fingerprint density at radius 3 is 2.90 bits per heavy atom. The Balaban J connectivity index is 2.01. The summed E-state index contributed by atoms with van der Waals surface area (Å²) in [6.45, 7) is 1.30. The molecule has 1 fully saturated rings. The van der Waals surface area contributed by atoms with E-state index in [2.05, 4.69) is 21.2 Å². The minimum absolute atomic E-state index is 0.128. The van der Waals surface area contributed by atoms with E-state index >= 15 is 0 Å². The molecule has 2 atom stereocenters. The average Bonchev–Trinajstić information content (AvgIpc) is 2.90. The lowest BCUT2D eigenvalue weighted by Crippen LogP contribution is -2.31. The summed E-state index contributed by atoms with van der Waals surface area (Å²) in [6.07, 6.45) is 1.13. The van der Waals surface area contributed by atoms with Crippen LogP contribution in [0.15, 0.2) is 28.7 Å². The molecule has 1 aromatic rings. The van der Waals surface area contributed by atoms with Crippen LogP contribution in [0.25, 0.3) is 0 Å². The third kappa shape index (κ3) is 5.13. The largest absolute Gasteiger partial charge is 0.481 e. The summed E-state index contributed by atoms with van der Waals surface area (Å²) in [5.41, 5.74) is 0.780. The van der Waals surface area contributed by atoms with Crippen molar-refractivity contribution in [1.82, 2.24) is 5.32 Å². The van der Waals surface area contributed by atoms with Crippen LogP contribution < -0.4 is 5.32 Å². The number of hydrogen-bond acceptors (Lipinski definition) is 3. The summed E-state index contributed by atoms with van der Waals surface area (Å²) in [4.78, 5) is 23.1. The fraction of sp³-hybridized carbons (Fsp3) is 0.467. The third-order valence-electron chi connectivity index (χ3n) is 3.46. The molecule has 6 heteroatoms. The predicted octanol–water partition coefficient (Wildman–Crippen LogP) is 2.51. The highest BCUT2D eigenvalue weighted by Crippen LogP contribution is 2.22. The highest BCUT2D eigenvalue weighted by atomic mass is 79.9.